The van der Waals surface area contributed by atoms with E-state index in [0.717, 1.165) is 11.4 Å². The van der Waals surface area contributed by atoms with Crippen LogP contribution in [-0.2, 0) is 4.79 Å². The van der Waals surface area contributed by atoms with Crippen LogP contribution in [0.2, 0.25) is 0 Å². The molecule has 0 unspecified atom stereocenters. The minimum Gasteiger partial charge on any atom is -0.323 e. The number of thiophene rings is 1. The van der Waals surface area contributed by atoms with Gasteiger partial charge in [-0.15, -0.1) is 21.5 Å². The maximum atomic E-state index is 13.6. The van der Waals surface area contributed by atoms with Crippen LogP contribution in [0.1, 0.15) is 24.8 Å². The molecule has 0 saturated carbocycles. The Hall–Kier alpha value is -2.19. The quantitative estimate of drug-likeness (QED) is 0.616. The molecule has 0 bridgehead atoms. The summed E-state index contributed by atoms with van der Waals surface area (Å²) >= 11 is 2.95. The number of halogens is 1. The lowest BCUT2D eigenvalue weighted by Gasteiger charge is -2.13. The maximum Gasteiger partial charge on any atom is 0.234 e. The maximum absolute atomic E-state index is 13.6. The number of hydrogen-bond acceptors (Lipinski definition) is 5. The van der Waals surface area contributed by atoms with Crippen LogP contribution in [0.5, 0.6) is 0 Å². The van der Waals surface area contributed by atoms with Crippen LogP contribution >= 0.6 is 23.1 Å². The zero-order valence-electron chi connectivity index (χ0n) is 14.7. The number of thioether (sulfide) groups is 1. The lowest BCUT2D eigenvalue weighted by atomic mass is 10.3. The Kier molecular flexibility index (Phi) is 5.73. The molecule has 0 aliphatic rings. The van der Waals surface area contributed by atoms with Crippen LogP contribution in [0.25, 0.3) is 11.4 Å². The van der Waals surface area contributed by atoms with Gasteiger partial charge in [-0.05, 0) is 39.0 Å². The third-order valence-electron chi connectivity index (χ3n) is 3.65. The van der Waals surface area contributed by atoms with Gasteiger partial charge in [0.1, 0.15) is 5.82 Å². The van der Waals surface area contributed by atoms with E-state index in [9.17, 15) is 9.18 Å². The van der Waals surface area contributed by atoms with Crippen LogP contribution in [-0.4, -0.2) is 26.4 Å². The van der Waals surface area contributed by atoms with E-state index in [1.807, 2.05) is 11.5 Å². The van der Waals surface area contributed by atoms with Crippen molar-refractivity contribution in [3.63, 3.8) is 0 Å². The summed E-state index contributed by atoms with van der Waals surface area (Å²) in [4.78, 5) is 13.4. The summed E-state index contributed by atoms with van der Waals surface area (Å²) in [6.07, 6.45) is 0. The smallest absolute Gasteiger partial charge is 0.234 e. The number of rotatable bonds is 6. The van der Waals surface area contributed by atoms with E-state index in [1.165, 1.54) is 28.8 Å². The molecule has 0 radical (unpaired) electrons. The SMILES string of the molecule is Cc1cc(-c2nnc(SCC(=O)Nc3ccccc3F)n2C(C)C)cs1. The first kappa shape index (κ1) is 18.6. The normalized spacial score (nSPS) is 11.1. The van der Waals surface area contributed by atoms with Crippen molar-refractivity contribution >= 4 is 34.7 Å². The van der Waals surface area contributed by atoms with Gasteiger partial charge in [0.2, 0.25) is 5.91 Å². The van der Waals surface area contributed by atoms with Gasteiger partial charge in [0, 0.05) is 21.9 Å². The molecule has 0 aliphatic carbocycles. The number of hydrogen-bond donors (Lipinski definition) is 1. The van der Waals surface area contributed by atoms with Gasteiger partial charge in [0.05, 0.1) is 11.4 Å². The van der Waals surface area contributed by atoms with Gasteiger partial charge < -0.3 is 5.32 Å². The van der Waals surface area contributed by atoms with Crippen molar-refractivity contribution in [3.8, 4) is 11.4 Å². The second-order valence-electron chi connectivity index (χ2n) is 6.03. The van der Waals surface area contributed by atoms with Crippen LogP contribution in [0.4, 0.5) is 10.1 Å². The van der Waals surface area contributed by atoms with Gasteiger partial charge in [0.25, 0.3) is 0 Å². The zero-order valence-corrected chi connectivity index (χ0v) is 16.3. The minimum atomic E-state index is -0.452. The summed E-state index contributed by atoms with van der Waals surface area (Å²) in [5, 5.41) is 13.9. The Labute approximate surface area is 159 Å². The summed E-state index contributed by atoms with van der Waals surface area (Å²) in [7, 11) is 0. The highest BCUT2D eigenvalue weighted by atomic mass is 32.2. The number of para-hydroxylation sites is 1. The number of carbonyl (C=O) groups is 1. The Bertz CT molecular complexity index is 920. The molecule has 0 fully saturated rings. The predicted octanol–water partition coefficient (Wildman–Crippen LogP) is 4.77. The van der Waals surface area contributed by atoms with Gasteiger partial charge in [-0.3, -0.25) is 9.36 Å². The topological polar surface area (TPSA) is 59.8 Å². The predicted molar refractivity (Wildman–Crippen MR) is 104 cm³/mol. The Morgan fingerprint density at radius 1 is 1.35 bits per heavy atom. The first-order valence-corrected chi connectivity index (χ1v) is 10.00. The number of anilines is 1. The summed E-state index contributed by atoms with van der Waals surface area (Å²) in [6, 6.07) is 8.33. The van der Waals surface area contributed by atoms with Crippen molar-refractivity contribution < 1.29 is 9.18 Å². The Morgan fingerprint density at radius 2 is 2.12 bits per heavy atom. The van der Waals surface area contributed by atoms with Crippen LogP contribution in [0, 0.1) is 12.7 Å². The van der Waals surface area contributed by atoms with E-state index in [1.54, 1.807) is 23.5 Å². The second-order valence-corrected chi connectivity index (χ2v) is 8.09. The van der Waals surface area contributed by atoms with Crippen molar-refractivity contribution in [1.29, 1.82) is 0 Å². The molecule has 26 heavy (non-hydrogen) atoms. The molecule has 0 spiro atoms. The fourth-order valence-electron chi connectivity index (χ4n) is 2.48. The van der Waals surface area contributed by atoms with Gasteiger partial charge in [-0.2, -0.15) is 0 Å². The molecule has 0 saturated heterocycles. The number of nitrogens with zero attached hydrogens (tertiary/aromatic N) is 3. The molecule has 136 valence electrons. The fourth-order valence-corrected chi connectivity index (χ4v) is 4.03. The Balaban J connectivity index is 1.73. The van der Waals surface area contributed by atoms with Crippen molar-refractivity contribution in [1.82, 2.24) is 14.8 Å². The number of amides is 1. The van der Waals surface area contributed by atoms with E-state index >= 15 is 0 Å². The molecular formula is C18H19FN4OS2. The molecule has 1 N–H and O–H groups in total. The van der Waals surface area contributed by atoms with E-state index < -0.39 is 5.82 Å². The summed E-state index contributed by atoms with van der Waals surface area (Å²) in [5.41, 5.74) is 1.20. The molecule has 8 heteroatoms. The monoisotopic (exact) mass is 390 g/mol. The number of nitrogens with one attached hydrogen (secondary N) is 1. The minimum absolute atomic E-state index is 0.127. The largest absolute Gasteiger partial charge is 0.323 e. The van der Waals surface area contributed by atoms with Gasteiger partial charge in [-0.1, -0.05) is 23.9 Å². The van der Waals surface area contributed by atoms with Gasteiger partial charge in [0.15, 0.2) is 11.0 Å². The summed E-state index contributed by atoms with van der Waals surface area (Å²) < 4.78 is 15.6. The summed E-state index contributed by atoms with van der Waals surface area (Å²) in [5.74, 6) is 0.181. The number of carbonyl (C=O) groups excluding carboxylic acids is 1. The van der Waals surface area contributed by atoms with Crippen molar-refractivity contribution in [2.75, 3.05) is 11.1 Å². The van der Waals surface area contributed by atoms with Crippen LogP contribution < -0.4 is 5.32 Å². The number of aryl methyl sites for hydroxylation is 1. The number of benzene rings is 1. The molecule has 3 rings (SSSR count). The molecule has 1 aromatic carbocycles. The highest BCUT2D eigenvalue weighted by molar-refractivity contribution is 7.99. The molecule has 2 heterocycles. The van der Waals surface area contributed by atoms with E-state index in [2.05, 4.69) is 40.8 Å². The van der Waals surface area contributed by atoms with Crippen molar-refractivity contribution in [2.24, 2.45) is 0 Å². The average Bonchev–Trinajstić information content (AvgIpc) is 3.21. The van der Waals surface area contributed by atoms with Crippen LogP contribution in [0.15, 0.2) is 40.9 Å². The van der Waals surface area contributed by atoms with E-state index in [-0.39, 0.29) is 23.4 Å². The third-order valence-corrected chi connectivity index (χ3v) is 5.45. The zero-order chi connectivity index (χ0) is 18.7. The molecule has 0 aliphatic heterocycles. The van der Waals surface area contributed by atoms with E-state index in [4.69, 9.17) is 0 Å². The number of aromatic nitrogens is 3. The van der Waals surface area contributed by atoms with E-state index in [0.29, 0.717) is 5.16 Å². The first-order valence-electron chi connectivity index (χ1n) is 8.13. The lowest BCUT2D eigenvalue weighted by Crippen LogP contribution is -2.15. The summed E-state index contributed by atoms with van der Waals surface area (Å²) in [6.45, 7) is 6.15. The van der Waals surface area contributed by atoms with Gasteiger partial charge >= 0.3 is 0 Å². The molecule has 2 aromatic heterocycles. The standard InChI is InChI=1S/C18H19FN4OS2/c1-11(2)23-17(13-8-12(3)25-9-13)21-22-18(23)26-10-16(24)20-15-7-5-4-6-14(15)19/h4-9,11H,10H2,1-3H3,(H,20,24). The Morgan fingerprint density at radius 3 is 2.77 bits per heavy atom. The average molecular weight is 391 g/mol. The van der Waals surface area contributed by atoms with Crippen molar-refractivity contribution in [3.05, 3.63) is 46.4 Å². The molecular weight excluding hydrogens is 371 g/mol. The van der Waals surface area contributed by atoms with Crippen LogP contribution in [0.3, 0.4) is 0 Å². The van der Waals surface area contributed by atoms with Gasteiger partial charge in [-0.25, -0.2) is 4.39 Å². The highest BCUT2D eigenvalue weighted by Crippen LogP contribution is 2.30. The highest BCUT2D eigenvalue weighted by Gasteiger charge is 2.18. The third kappa shape index (κ3) is 4.13. The molecule has 0 atom stereocenters. The molecule has 5 nitrogen and oxygen atoms in total. The lowest BCUT2D eigenvalue weighted by molar-refractivity contribution is -0.113. The molecule has 1 amide bonds. The molecule has 3 aromatic rings. The van der Waals surface area contributed by atoms with Crippen molar-refractivity contribution in [2.45, 2.75) is 32.0 Å². The second kappa shape index (κ2) is 8.01. The fraction of sp³-hybridized carbons (Fsp3) is 0.278. The first-order chi connectivity index (χ1) is 12.5.